The van der Waals surface area contributed by atoms with Gasteiger partial charge in [-0.15, -0.1) is 0 Å². The van der Waals surface area contributed by atoms with Gasteiger partial charge in [-0.05, 0) is 42.9 Å². The molecule has 5 nitrogen and oxygen atoms in total. The van der Waals surface area contributed by atoms with Gasteiger partial charge in [0.05, 0.1) is 6.54 Å². The Kier molecular flexibility index (Phi) is 3.58. The van der Waals surface area contributed by atoms with Crippen molar-refractivity contribution in [2.24, 2.45) is 0 Å². The molecule has 2 aliphatic rings. The summed E-state index contributed by atoms with van der Waals surface area (Å²) < 4.78 is 0. The molecular weight excluding hydrogens is 254 g/mol. The van der Waals surface area contributed by atoms with Crippen LogP contribution in [0.1, 0.15) is 24.0 Å². The zero-order chi connectivity index (χ0) is 13.9. The van der Waals surface area contributed by atoms with Gasteiger partial charge in [-0.1, -0.05) is 12.1 Å². The highest BCUT2D eigenvalue weighted by atomic mass is 16.2. The molecular formula is C15H19N3O2. The van der Waals surface area contributed by atoms with E-state index >= 15 is 0 Å². The molecule has 1 aromatic carbocycles. The number of carbonyl (C=O) groups is 2. The van der Waals surface area contributed by atoms with Gasteiger partial charge in [-0.3, -0.25) is 9.69 Å². The fourth-order valence-corrected chi connectivity index (χ4v) is 2.92. The Bertz CT molecular complexity index is 542. The first-order chi connectivity index (χ1) is 9.75. The van der Waals surface area contributed by atoms with Crippen molar-refractivity contribution in [2.45, 2.75) is 25.7 Å². The lowest BCUT2D eigenvalue weighted by Gasteiger charge is -2.20. The first kappa shape index (κ1) is 13.0. The van der Waals surface area contributed by atoms with Gasteiger partial charge in [0.2, 0.25) is 5.91 Å². The molecule has 3 amide bonds. The largest absolute Gasteiger partial charge is 0.376 e. The van der Waals surface area contributed by atoms with Crippen LogP contribution in [0, 0.1) is 0 Å². The standard InChI is InChI=1S/C15H19N3O2/c19-14(18-9-8-16-15(18)20)10-17-13-7-3-5-11-4-1-2-6-12(11)13/h3,5,7,17H,1-2,4,6,8-10H2,(H,16,20). The SMILES string of the molecule is O=C(CNc1cccc2c1CCCC2)N1CCNC1=O. The Morgan fingerprint density at radius 2 is 2.15 bits per heavy atom. The number of hydrogen-bond donors (Lipinski definition) is 2. The fraction of sp³-hybridized carbons (Fsp3) is 0.467. The highest BCUT2D eigenvalue weighted by Gasteiger charge is 2.25. The maximum absolute atomic E-state index is 12.0. The first-order valence-electron chi connectivity index (χ1n) is 7.18. The van der Waals surface area contributed by atoms with Crippen LogP contribution in [0.5, 0.6) is 0 Å². The molecule has 1 aliphatic carbocycles. The highest BCUT2D eigenvalue weighted by Crippen LogP contribution is 2.27. The number of urea groups is 1. The number of carbonyl (C=O) groups excluding carboxylic acids is 2. The number of nitrogens with zero attached hydrogens (tertiary/aromatic N) is 1. The third-order valence-electron chi connectivity index (χ3n) is 3.98. The Balaban J connectivity index is 1.66. The fourth-order valence-electron chi connectivity index (χ4n) is 2.92. The third kappa shape index (κ3) is 2.48. The summed E-state index contributed by atoms with van der Waals surface area (Å²) in [6, 6.07) is 5.92. The minimum absolute atomic E-state index is 0.171. The Hall–Kier alpha value is -2.04. The summed E-state index contributed by atoms with van der Waals surface area (Å²) in [5.74, 6) is -0.173. The van der Waals surface area contributed by atoms with Gasteiger partial charge in [0.1, 0.15) is 0 Å². The van der Waals surface area contributed by atoms with Gasteiger partial charge in [0.25, 0.3) is 0 Å². The van der Waals surface area contributed by atoms with Gasteiger partial charge in [-0.25, -0.2) is 4.79 Å². The summed E-state index contributed by atoms with van der Waals surface area (Å²) in [4.78, 5) is 24.7. The van der Waals surface area contributed by atoms with E-state index in [0.717, 1.165) is 18.5 Å². The zero-order valence-corrected chi connectivity index (χ0v) is 11.4. The Morgan fingerprint density at radius 3 is 2.95 bits per heavy atom. The van der Waals surface area contributed by atoms with Crippen LogP contribution >= 0.6 is 0 Å². The van der Waals surface area contributed by atoms with Crippen LogP contribution in [-0.2, 0) is 17.6 Å². The lowest BCUT2D eigenvalue weighted by atomic mass is 9.90. The van der Waals surface area contributed by atoms with Crippen molar-refractivity contribution in [2.75, 3.05) is 25.0 Å². The average molecular weight is 273 g/mol. The van der Waals surface area contributed by atoms with E-state index in [2.05, 4.69) is 16.7 Å². The zero-order valence-electron chi connectivity index (χ0n) is 11.4. The molecule has 20 heavy (non-hydrogen) atoms. The molecule has 0 atom stereocenters. The lowest BCUT2D eigenvalue weighted by molar-refractivity contribution is -0.125. The summed E-state index contributed by atoms with van der Waals surface area (Å²) >= 11 is 0. The summed E-state index contributed by atoms with van der Waals surface area (Å²) in [6.45, 7) is 1.18. The number of amides is 3. The predicted octanol–water partition coefficient (Wildman–Crippen LogP) is 1.53. The molecule has 0 aromatic heterocycles. The summed E-state index contributed by atoms with van der Waals surface area (Å²) in [7, 11) is 0. The summed E-state index contributed by atoms with van der Waals surface area (Å²) in [5.41, 5.74) is 3.75. The molecule has 1 saturated heterocycles. The molecule has 0 radical (unpaired) electrons. The molecule has 3 rings (SSSR count). The van der Waals surface area contributed by atoms with E-state index in [0.29, 0.717) is 13.1 Å². The molecule has 1 heterocycles. The van der Waals surface area contributed by atoms with Crippen LogP contribution in [0.2, 0.25) is 0 Å². The van der Waals surface area contributed by atoms with Gasteiger partial charge in [0.15, 0.2) is 0 Å². The van der Waals surface area contributed by atoms with E-state index in [4.69, 9.17) is 0 Å². The number of fused-ring (bicyclic) bond motifs is 1. The van der Waals surface area contributed by atoms with Gasteiger partial charge in [0, 0.05) is 18.8 Å². The molecule has 0 saturated carbocycles. The number of benzene rings is 1. The van der Waals surface area contributed by atoms with E-state index < -0.39 is 0 Å². The molecule has 0 unspecified atom stereocenters. The Labute approximate surface area is 118 Å². The smallest absolute Gasteiger partial charge is 0.324 e. The number of aryl methyl sites for hydroxylation is 1. The number of nitrogens with one attached hydrogen (secondary N) is 2. The van der Waals surface area contributed by atoms with Crippen LogP contribution < -0.4 is 10.6 Å². The molecule has 0 spiro atoms. The second kappa shape index (κ2) is 5.53. The quantitative estimate of drug-likeness (QED) is 0.878. The second-order valence-corrected chi connectivity index (χ2v) is 5.28. The monoisotopic (exact) mass is 273 g/mol. The molecule has 1 aliphatic heterocycles. The molecule has 0 bridgehead atoms. The molecule has 1 aromatic rings. The van der Waals surface area contributed by atoms with Crippen LogP contribution in [-0.4, -0.2) is 36.5 Å². The topological polar surface area (TPSA) is 61.4 Å². The number of anilines is 1. The van der Waals surface area contributed by atoms with Crippen LogP contribution in [0.4, 0.5) is 10.5 Å². The minimum Gasteiger partial charge on any atom is -0.376 e. The van der Waals surface area contributed by atoms with Crippen molar-refractivity contribution in [3.8, 4) is 0 Å². The normalized spacial score (nSPS) is 17.6. The maximum atomic E-state index is 12.0. The van der Waals surface area contributed by atoms with Crippen molar-refractivity contribution < 1.29 is 9.59 Å². The van der Waals surface area contributed by atoms with Crippen molar-refractivity contribution in [1.29, 1.82) is 0 Å². The molecule has 1 fully saturated rings. The van der Waals surface area contributed by atoms with E-state index in [9.17, 15) is 9.59 Å². The van der Waals surface area contributed by atoms with Crippen molar-refractivity contribution in [3.05, 3.63) is 29.3 Å². The van der Waals surface area contributed by atoms with Crippen molar-refractivity contribution >= 4 is 17.6 Å². The average Bonchev–Trinajstić information content (AvgIpc) is 2.91. The van der Waals surface area contributed by atoms with Crippen LogP contribution in [0.15, 0.2) is 18.2 Å². The van der Waals surface area contributed by atoms with E-state index in [1.165, 1.54) is 28.9 Å². The van der Waals surface area contributed by atoms with Gasteiger partial charge in [-0.2, -0.15) is 0 Å². The molecule has 2 N–H and O–H groups in total. The van der Waals surface area contributed by atoms with E-state index in [1.807, 2.05) is 12.1 Å². The number of rotatable bonds is 3. The van der Waals surface area contributed by atoms with Gasteiger partial charge >= 0.3 is 6.03 Å². The van der Waals surface area contributed by atoms with E-state index in [-0.39, 0.29) is 18.5 Å². The minimum atomic E-state index is -0.285. The van der Waals surface area contributed by atoms with E-state index in [1.54, 1.807) is 0 Å². The third-order valence-corrected chi connectivity index (χ3v) is 3.98. The second-order valence-electron chi connectivity index (χ2n) is 5.28. The molecule has 5 heteroatoms. The summed E-state index contributed by atoms with van der Waals surface area (Å²) in [6.07, 6.45) is 4.63. The van der Waals surface area contributed by atoms with Gasteiger partial charge < -0.3 is 10.6 Å². The highest BCUT2D eigenvalue weighted by molar-refractivity contribution is 5.97. The van der Waals surface area contributed by atoms with Crippen LogP contribution in [0.25, 0.3) is 0 Å². The van der Waals surface area contributed by atoms with Crippen molar-refractivity contribution in [3.63, 3.8) is 0 Å². The number of hydrogen-bond acceptors (Lipinski definition) is 3. The lowest BCUT2D eigenvalue weighted by Crippen LogP contribution is -2.38. The first-order valence-corrected chi connectivity index (χ1v) is 7.18. The number of imide groups is 1. The van der Waals surface area contributed by atoms with Crippen LogP contribution in [0.3, 0.4) is 0 Å². The predicted molar refractivity (Wildman–Crippen MR) is 76.7 cm³/mol. The van der Waals surface area contributed by atoms with Crippen molar-refractivity contribution in [1.82, 2.24) is 10.2 Å². The summed E-state index contributed by atoms with van der Waals surface area (Å²) in [5, 5.41) is 5.84. The molecule has 106 valence electrons. The Morgan fingerprint density at radius 1 is 1.30 bits per heavy atom. The maximum Gasteiger partial charge on any atom is 0.324 e.